The molecule has 0 spiro atoms. The molecule has 0 saturated heterocycles. The molecule has 7 heteroatoms. The summed E-state index contributed by atoms with van der Waals surface area (Å²) in [7, 11) is 0. The summed E-state index contributed by atoms with van der Waals surface area (Å²) < 4.78 is 1.12. The summed E-state index contributed by atoms with van der Waals surface area (Å²) in [5.74, 6) is 0.131. The van der Waals surface area contributed by atoms with E-state index in [1.165, 1.54) is 0 Å². The van der Waals surface area contributed by atoms with Gasteiger partial charge < -0.3 is 0 Å². The van der Waals surface area contributed by atoms with Crippen molar-refractivity contribution < 1.29 is 0 Å². The Kier molecular flexibility index (Phi) is 3.13. The van der Waals surface area contributed by atoms with Gasteiger partial charge in [0.15, 0.2) is 0 Å². The fraction of sp³-hybridized carbons (Fsp3) is 0. The first-order valence-electron chi connectivity index (χ1n) is 6.86. The number of thiophene rings is 1. The molecule has 0 fully saturated rings. The molecular formula is C16H10N4O2S. The minimum atomic E-state index is -0.389. The van der Waals surface area contributed by atoms with Gasteiger partial charge in [-0.2, -0.15) is 9.61 Å². The maximum absolute atomic E-state index is 12.5. The third kappa shape index (κ3) is 2.36. The first kappa shape index (κ1) is 13.6. The summed E-state index contributed by atoms with van der Waals surface area (Å²) in [6, 6.07) is 10.8. The maximum atomic E-state index is 12.5. The van der Waals surface area contributed by atoms with Crippen molar-refractivity contribution in [2.45, 2.75) is 0 Å². The van der Waals surface area contributed by atoms with Crippen molar-refractivity contribution in [3.63, 3.8) is 0 Å². The number of nitrogens with one attached hydrogen (secondary N) is 1. The second-order valence-electron chi connectivity index (χ2n) is 4.86. The highest BCUT2D eigenvalue weighted by Crippen LogP contribution is 2.11. The van der Waals surface area contributed by atoms with Gasteiger partial charge in [0.25, 0.3) is 11.1 Å². The van der Waals surface area contributed by atoms with E-state index in [9.17, 15) is 9.59 Å². The third-order valence-electron chi connectivity index (χ3n) is 3.37. The van der Waals surface area contributed by atoms with Crippen LogP contribution in [0.5, 0.6) is 0 Å². The molecular weight excluding hydrogens is 312 g/mol. The zero-order valence-corrected chi connectivity index (χ0v) is 12.6. The predicted octanol–water partition coefficient (Wildman–Crippen LogP) is 2.16. The summed E-state index contributed by atoms with van der Waals surface area (Å²) >= 11 is 1.55. The highest BCUT2D eigenvalue weighted by molar-refractivity contribution is 7.10. The number of aromatic nitrogens is 4. The molecule has 1 aromatic carbocycles. The van der Waals surface area contributed by atoms with E-state index in [-0.39, 0.29) is 22.6 Å². The molecule has 3 aromatic heterocycles. The van der Waals surface area contributed by atoms with Crippen LogP contribution >= 0.6 is 11.3 Å². The van der Waals surface area contributed by atoms with Crippen LogP contribution < -0.4 is 11.1 Å². The van der Waals surface area contributed by atoms with Gasteiger partial charge in [-0.15, -0.1) is 11.3 Å². The van der Waals surface area contributed by atoms with Gasteiger partial charge in [0.05, 0.1) is 10.9 Å². The van der Waals surface area contributed by atoms with E-state index in [1.54, 1.807) is 47.8 Å². The van der Waals surface area contributed by atoms with E-state index < -0.39 is 0 Å². The van der Waals surface area contributed by atoms with Gasteiger partial charge in [-0.3, -0.25) is 14.6 Å². The molecule has 0 amide bonds. The van der Waals surface area contributed by atoms with Crippen LogP contribution in [0.25, 0.3) is 28.8 Å². The normalized spacial score (nSPS) is 11.7. The number of fused-ring (bicyclic) bond motifs is 2. The van der Waals surface area contributed by atoms with Crippen molar-refractivity contribution in [2.24, 2.45) is 0 Å². The number of hydrogen-bond donors (Lipinski definition) is 1. The van der Waals surface area contributed by atoms with Crippen LogP contribution in [0.2, 0.25) is 0 Å². The zero-order chi connectivity index (χ0) is 15.8. The maximum Gasteiger partial charge on any atom is 0.283 e. The summed E-state index contributed by atoms with van der Waals surface area (Å²) in [6.45, 7) is 0. The second-order valence-corrected chi connectivity index (χ2v) is 5.84. The molecule has 0 saturated carbocycles. The lowest BCUT2D eigenvalue weighted by molar-refractivity contribution is 0.830. The van der Waals surface area contributed by atoms with Gasteiger partial charge in [-0.05, 0) is 35.7 Å². The molecule has 3 heterocycles. The summed E-state index contributed by atoms with van der Waals surface area (Å²) in [5.41, 5.74) is -0.0190. The van der Waals surface area contributed by atoms with Crippen molar-refractivity contribution >= 4 is 40.2 Å². The quantitative estimate of drug-likeness (QED) is 0.574. The molecule has 6 nitrogen and oxygen atoms in total. The molecule has 0 aliphatic rings. The Labute approximate surface area is 133 Å². The molecule has 0 unspecified atom stereocenters. The standard InChI is InChI=1S/C16H10N4O2S/c21-14-13(8-7-10-4-3-9-23-10)19-20-15(22)11-5-1-2-6-12(11)17-16(20)18-14/h1-9H,(H,17,18,21)/b8-7+. The van der Waals surface area contributed by atoms with E-state index in [2.05, 4.69) is 15.1 Å². The van der Waals surface area contributed by atoms with Crippen LogP contribution in [0, 0.1) is 0 Å². The van der Waals surface area contributed by atoms with Crippen LogP contribution in [0.1, 0.15) is 10.6 Å². The van der Waals surface area contributed by atoms with Crippen LogP contribution in [0.4, 0.5) is 0 Å². The van der Waals surface area contributed by atoms with Crippen LogP contribution in [-0.4, -0.2) is 19.6 Å². The zero-order valence-electron chi connectivity index (χ0n) is 11.8. The SMILES string of the molecule is O=c1[nH]c2nc3ccccc3c(=O)n2nc1/C=C/c1cccs1. The van der Waals surface area contributed by atoms with Crippen molar-refractivity contribution in [3.05, 3.63) is 73.1 Å². The Morgan fingerprint density at radius 1 is 1.09 bits per heavy atom. The van der Waals surface area contributed by atoms with E-state index in [4.69, 9.17) is 0 Å². The molecule has 0 aliphatic carbocycles. The first-order chi connectivity index (χ1) is 11.2. The van der Waals surface area contributed by atoms with Crippen molar-refractivity contribution in [1.29, 1.82) is 0 Å². The number of aromatic amines is 1. The lowest BCUT2D eigenvalue weighted by Gasteiger charge is -2.02. The number of H-pyrrole nitrogens is 1. The smallest absolute Gasteiger partial charge is 0.283 e. The lowest BCUT2D eigenvalue weighted by atomic mass is 10.2. The molecule has 23 heavy (non-hydrogen) atoms. The van der Waals surface area contributed by atoms with Gasteiger partial charge in [0.1, 0.15) is 5.69 Å². The van der Waals surface area contributed by atoms with Crippen LogP contribution in [0.15, 0.2) is 51.4 Å². The van der Waals surface area contributed by atoms with Crippen LogP contribution in [-0.2, 0) is 0 Å². The second kappa shape index (κ2) is 5.29. The largest absolute Gasteiger partial charge is 0.289 e. The summed E-state index contributed by atoms with van der Waals surface area (Å²) in [4.78, 5) is 32.5. The predicted molar refractivity (Wildman–Crippen MR) is 90.6 cm³/mol. The van der Waals surface area contributed by atoms with E-state index >= 15 is 0 Å². The van der Waals surface area contributed by atoms with E-state index in [0.717, 1.165) is 9.39 Å². The Balaban J connectivity index is 1.95. The van der Waals surface area contributed by atoms with E-state index in [1.807, 2.05) is 17.5 Å². The highest BCUT2D eigenvalue weighted by atomic mass is 32.1. The minimum Gasteiger partial charge on any atom is -0.289 e. The molecule has 0 aliphatic heterocycles. The van der Waals surface area contributed by atoms with Crippen LogP contribution in [0.3, 0.4) is 0 Å². The molecule has 112 valence electrons. The Morgan fingerprint density at radius 3 is 2.78 bits per heavy atom. The summed E-state index contributed by atoms with van der Waals surface area (Å²) in [5, 5.41) is 6.54. The topological polar surface area (TPSA) is 80.1 Å². The number of benzene rings is 1. The minimum absolute atomic E-state index is 0.131. The molecule has 0 atom stereocenters. The average Bonchev–Trinajstić information content (AvgIpc) is 3.07. The molecule has 4 rings (SSSR count). The van der Waals surface area contributed by atoms with Gasteiger partial charge in [-0.25, -0.2) is 4.98 Å². The summed E-state index contributed by atoms with van der Waals surface area (Å²) in [6.07, 6.45) is 3.37. The Bertz CT molecular complexity index is 1160. The lowest BCUT2D eigenvalue weighted by Crippen LogP contribution is -2.25. The fourth-order valence-electron chi connectivity index (χ4n) is 2.27. The van der Waals surface area contributed by atoms with Gasteiger partial charge in [0.2, 0.25) is 5.78 Å². The number of para-hydroxylation sites is 1. The highest BCUT2D eigenvalue weighted by Gasteiger charge is 2.08. The Morgan fingerprint density at radius 2 is 1.96 bits per heavy atom. The molecule has 1 N–H and O–H groups in total. The number of hydrogen-bond acceptors (Lipinski definition) is 5. The van der Waals surface area contributed by atoms with Gasteiger partial charge >= 0.3 is 0 Å². The number of nitrogens with zero attached hydrogens (tertiary/aromatic N) is 3. The molecule has 0 bridgehead atoms. The van der Waals surface area contributed by atoms with Crippen molar-refractivity contribution in [2.75, 3.05) is 0 Å². The third-order valence-corrected chi connectivity index (χ3v) is 4.21. The van der Waals surface area contributed by atoms with Crippen molar-refractivity contribution in [3.8, 4) is 0 Å². The van der Waals surface area contributed by atoms with Gasteiger partial charge in [-0.1, -0.05) is 18.2 Å². The van der Waals surface area contributed by atoms with Crippen molar-refractivity contribution in [1.82, 2.24) is 19.6 Å². The van der Waals surface area contributed by atoms with E-state index in [0.29, 0.717) is 10.9 Å². The van der Waals surface area contributed by atoms with Gasteiger partial charge in [0, 0.05) is 4.88 Å². The monoisotopic (exact) mass is 322 g/mol. The number of rotatable bonds is 2. The first-order valence-corrected chi connectivity index (χ1v) is 7.74. The molecule has 4 aromatic rings. The molecule has 0 radical (unpaired) electrons. The fourth-order valence-corrected chi connectivity index (χ4v) is 2.89. The Hall–Kier alpha value is -3.06. The average molecular weight is 322 g/mol.